The second-order valence-electron chi connectivity index (χ2n) is 6.89. The van der Waals surface area contributed by atoms with Gasteiger partial charge < -0.3 is 10.5 Å². The molecule has 110 valence electrons. The number of hydrogen-bond donors (Lipinski definition) is 1. The van der Waals surface area contributed by atoms with Gasteiger partial charge in [-0.15, -0.1) is 0 Å². The molecule has 1 aromatic rings. The first kappa shape index (κ1) is 13.9. The van der Waals surface area contributed by atoms with Crippen LogP contribution in [0.4, 0.5) is 0 Å². The minimum Gasteiger partial charge on any atom is -0.487 e. The Labute approximate surface area is 122 Å². The Kier molecular flexibility index (Phi) is 3.74. The van der Waals surface area contributed by atoms with Gasteiger partial charge in [-0.3, -0.25) is 4.90 Å². The molecule has 2 aliphatic rings. The third kappa shape index (κ3) is 2.84. The third-order valence-electron chi connectivity index (χ3n) is 4.65. The second kappa shape index (κ2) is 5.38. The number of likely N-dealkylation sites (tertiary alicyclic amines) is 1. The van der Waals surface area contributed by atoms with Gasteiger partial charge in [0.2, 0.25) is 0 Å². The van der Waals surface area contributed by atoms with Crippen LogP contribution in [0.2, 0.25) is 0 Å². The lowest BCUT2D eigenvalue weighted by molar-refractivity contribution is 0.138. The zero-order valence-electron chi connectivity index (χ0n) is 12.7. The normalized spacial score (nSPS) is 22.6. The Bertz CT molecular complexity index is 476. The van der Waals surface area contributed by atoms with E-state index in [-0.39, 0.29) is 5.60 Å². The molecule has 0 amide bonds. The summed E-state index contributed by atoms with van der Waals surface area (Å²) in [5.74, 6) is 1.82. The van der Waals surface area contributed by atoms with Gasteiger partial charge in [0.25, 0.3) is 0 Å². The number of fused-ring (bicyclic) bond motifs is 1. The van der Waals surface area contributed by atoms with E-state index in [2.05, 4.69) is 36.9 Å². The van der Waals surface area contributed by atoms with Crippen molar-refractivity contribution in [1.29, 1.82) is 0 Å². The molecule has 20 heavy (non-hydrogen) atoms. The molecule has 0 aliphatic carbocycles. The first-order chi connectivity index (χ1) is 9.57. The average Bonchev–Trinajstić information content (AvgIpc) is 2.75. The molecule has 0 bridgehead atoms. The topological polar surface area (TPSA) is 38.5 Å². The lowest BCUT2D eigenvalue weighted by atomic mass is 9.94. The van der Waals surface area contributed by atoms with E-state index in [1.807, 2.05) is 0 Å². The van der Waals surface area contributed by atoms with Crippen molar-refractivity contribution in [3.05, 3.63) is 29.3 Å². The summed E-state index contributed by atoms with van der Waals surface area (Å²) in [5.41, 5.74) is 8.58. The monoisotopic (exact) mass is 274 g/mol. The highest BCUT2D eigenvalue weighted by molar-refractivity contribution is 5.44. The molecule has 3 rings (SSSR count). The summed E-state index contributed by atoms with van der Waals surface area (Å²) >= 11 is 0. The van der Waals surface area contributed by atoms with Crippen LogP contribution in [0.3, 0.4) is 0 Å². The van der Waals surface area contributed by atoms with Gasteiger partial charge in [-0.1, -0.05) is 12.1 Å². The summed E-state index contributed by atoms with van der Waals surface area (Å²) in [6.07, 6.45) is 3.51. The molecule has 0 aromatic heterocycles. The standard InChI is InChI=1S/C17H26N2O/c1-17(2)10-15-14(4-3-5-16(15)20-17)12-19-8-6-13(11-18)7-9-19/h3-5,13H,6-12,18H2,1-2H3. The van der Waals surface area contributed by atoms with Crippen molar-refractivity contribution in [3.63, 3.8) is 0 Å². The zero-order valence-corrected chi connectivity index (χ0v) is 12.7. The van der Waals surface area contributed by atoms with E-state index >= 15 is 0 Å². The summed E-state index contributed by atoms with van der Waals surface area (Å²) in [6, 6.07) is 6.50. The Morgan fingerprint density at radius 1 is 1.30 bits per heavy atom. The number of hydrogen-bond acceptors (Lipinski definition) is 3. The van der Waals surface area contributed by atoms with E-state index in [9.17, 15) is 0 Å². The minimum absolute atomic E-state index is 0.0506. The number of ether oxygens (including phenoxy) is 1. The number of benzene rings is 1. The quantitative estimate of drug-likeness (QED) is 0.920. The largest absolute Gasteiger partial charge is 0.487 e. The molecule has 1 aromatic carbocycles. The van der Waals surface area contributed by atoms with Gasteiger partial charge in [0.15, 0.2) is 0 Å². The van der Waals surface area contributed by atoms with Crippen molar-refractivity contribution in [3.8, 4) is 5.75 Å². The maximum atomic E-state index is 6.02. The van der Waals surface area contributed by atoms with Crippen LogP contribution in [0.5, 0.6) is 5.75 Å². The van der Waals surface area contributed by atoms with E-state index in [1.165, 1.54) is 37.1 Å². The van der Waals surface area contributed by atoms with Crippen LogP contribution in [0.25, 0.3) is 0 Å². The van der Waals surface area contributed by atoms with Crippen LogP contribution >= 0.6 is 0 Å². The van der Waals surface area contributed by atoms with E-state index < -0.39 is 0 Å². The van der Waals surface area contributed by atoms with Crippen LogP contribution in [-0.4, -0.2) is 30.1 Å². The van der Waals surface area contributed by atoms with Crippen molar-refractivity contribution >= 4 is 0 Å². The maximum absolute atomic E-state index is 6.02. The van der Waals surface area contributed by atoms with Crippen LogP contribution in [0, 0.1) is 5.92 Å². The average molecular weight is 274 g/mol. The Hall–Kier alpha value is -1.06. The number of piperidine rings is 1. The Morgan fingerprint density at radius 2 is 2.05 bits per heavy atom. The summed E-state index contributed by atoms with van der Waals surface area (Å²) in [7, 11) is 0. The summed E-state index contributed by atoms with van der Waals surface area (Å²) in [4.78, 5) is 2.56. The van der Waals surface area contributed by atoms with Crippen molar-refractivity contribution in [2.24, 2.45) is 11.7 Å². The molecule has 1 fully saturated rings. The fourth-order valence-corrected chi connectivity index (χ4v) is 3.44. The summed E-state index contributed by atoms with van der Waals surface area (Å²) in [5, 5.41) is 0. The minimum atomic E-state index is -0.0506. The van der Waals surface area contributed by atoms with Gasteiger partial charge in [0.1, 0.15) is 11.4 Å². The second-order valence-corrected chi connectivity index (χ2v) is 6.89. The highest BCUT2D eigenvalue weighted by Gasteiger charge is 2.32. The Morgan fingerprint density at radius 3 is 2.75 bits per heavy atom. The molecule has 0 spiro atoms. The SMILES string of the molecule is CC1(C)Cc2c(CN3CCC(CN)CC3)cccc2O1. The highest BCUT2D eigenvalue weighted by atomic mass is 16.5. The molecule has 1 saturated heterocycles. The van der Waals surface area contributed by atoms with Crippen molar-refractivity contribution in [1.82, 2.24) is 4.90 Å². The van der Waals surface area contributed by atoms with Crippen LogP contribution in [0.1, 0.15) is 37.8 Å². The van der Waals surface area contributed by atoms with E-state index in [0.29, 0.717) is 0 Å². The lowest BCUT2D eigenvalue weighted by Gasteiger charge is -2.31. The van der Waals surface area contributed by atoms with Crippen molar-refractivity contribution < 1.29 is 4.74 Å². The number of nitrogens with zero attached hydrogens (tertiary/aromatic N) is 1. The predicted octanol–water partition coefficient (Wildman–Crippen LogP) is 2.57. The van der Waals surface area contributed by atoms with Gasteiger partial charge in [-0.25, -0.2) is 0 Å². The van der Waals surface area contributed by atoms with E-state index in [0.717, 1.165) is 31.2 Å². The summed E-state index contributed by atoms with van der Waals surface area (Å²) in [6.45, 7) is 8.59. The zero-order chi connectivity index (χ0) is 14.2. The first-order valence-electron chi connectivity index (χ1n) is 7.79. The molecule has 2 aliphatic heterocycles. The smallest absolute Gasteiger partial charge is 0.123 e. The highest BCUT2D eigenvalue weighted by Crippen LogP contribution is 2.37. The molecule has 2 heterocycles. The lowest BCUT2D eigenvalue weighted by Crippen LogP contribution is -2.35. The predicted molar refractivity (Wildman–Crippen MR) is 81.9 cm³/mol. The van der Waals surface area contributed by atoms with Gasteiger partial charge in [-0.05, 0) is 63.9 Å². The number of nitrogens with two attached hydrogens (primary N) is 1. The molecule has 3 heteroatoms. The molecule has 0 radical (unpaired) electrons. The molecular weight excluding hydrogens is 248 g/mol. The molecular formula is C17H26N2O. The van der Waals surface area contributed by atoms with Gasteiger partial charge in [0.05, 0.1) is 0 Å². The molecule has 0 unspecified atom stereocenters. The molecule has 2 N–H and O–H groups in total. The summed E-state index contributed by atoms with van der Waals surface area (Å²) < 4.78 is 6.02. The van der Waals surface area contributed by atoms with Gasteiger partial charge >= 0.3 is 0 Å². The Balaban J connectivity index is 1.69. The van der Waals surface area contributed by atoms with Gasteiger partial charge in [0, 0.05) is 18.5 Å². The van der Waals surface area contributed by atoms with Crippen LogP contribution in [-0.2, 0) is 13.0 Å². The molecule has 0 atom stereocenters. The van der Waals surface area contributed by atoms with Crippen molar-refractivity contribution in [2.45, 2.75) is 45.3 Å². The van der Waals surface area contributed by atoms with Crippen LogP contribution in [0.15, 0.2) is 18.2 Å². The maximum Gasteiger partial charge on any atom is 0.123 e. The molecule has 3 nitrogen and oxygen atoms in total. The first-order valence-corrected chi connectivity index (χ1v) is 7.79. The van der Waals surface area contributed by atoms with E-state index in [4.69, 9.17) is 10.5 Å². The van der Waals surface area contributed by atoms with Gasteiger partial charge in [-0.2, -0.15) is 0 Å². The fourth-order valence-electron chi connectivity index (χ4n) is 3.44. The van der Waals surface area contributed by atoms with Crippen LogP contribution < -0.4 is 10.5 Å². The van der Waals surface area contributed by atoms with Crippen molar-refractivity contribution in [2.75, 3.05) is 19.6 Å². The third-order valence-corrected chi connectivity index (χ3v) is 4.65. The molecule has 0 saturated carbocycles. The number of rotatable bonds is 3. The fraction of sp³-hybridized carbons (Fsp3) is 0.647. The van der Waals surface area contributed by atoms with E-state index in [1.54, 1.807) is 0 Å².